The second-order valence-corrected chi connectivity index (χ2v) is 6.00. The highest BCUT2D eigenvalue weighted by atomic mass is 79.9. The quantitative estimate of drug-likeness (QED) is 0.649. The van der Waals surface area contributed by atoms with E-state index in [0.29, 0.717) is 11.3 Å². The first kappa shape index (κ1) is 13.4. The van der Waals surface area contributed by atoms with Crippen LogP contribution in [-0.4, -0.2) is 0 Å². The molecule has 0 unspecified atom stereocenters. The minimum absolute atomic E-state index is 0.184. The highest BCUT2D eigenvalue weighted by Crippen LogP contribution is 2.30. The zero-order chi connectivity index (χ0) is 13.1. The van der Waals surface area contributed by atoms with Crippen molar-refractivity contribution < 1.29 is 4.39 Å². The van der Waals surface area contributed by atoms with Crippen LogP contribution in [0.3, 0.4) is 0 Å². The van der Waals surface area contributed by atoms with E-state index in [1.54, 1.807) is 23.9 Å². The summed E-state index contributed by atoms with van der Waals surface area (Å²) in [5.41, 5.74) is 8.48. The molecule has 0 aliphatic carbocycles. The minimum Gasteiger partial charge on any atom is -0.398 e. The monoisotopic (exact) mass is 325 g/mol. The van der Waals surface area contributed by atoms with Crippen molar-refractivity contribution in [3.05, 3.63) is 57.8 Å². The normalized spacial score (nSPS) is 10.6. The zero-order valence-corrected chi connectivity index (χ0v) is 12.3. The fraction of sp³-hybridized carbons (Fsp3) is 0.143. The van der Waals surface area contributed by atoms with Gasteiger partial charge in [-0.3, -0.25) is 0 Å². The van der Waals surface area contributed by atoms with E-state index >= 15 is 0 Å². The molecule has 0 aromatic heterocycles. The largest absolute Gasteiger partial charge is 0.398 e. The van der Waals surface area contributed by atoms with E-state index in [-0.39, 0.29) is 5.82 Å². The fourth-order valence-corrected chi connectivity index (χ4v) is 2.94. The number of halogens is 2. The number of benzene rings is 2. The lowest BCUT2D eigenvalue weighted by Gasteiger charge is -2.07. The molecule has 2 rings (SSSR count). The summed E-state index contributed by atoms with van der Waals surface area (Å²) in [6.07, 6.45) is 0. The van der Waals surface area contributed by atoms with Crippen LogP contribution in [0.15, 0.2) is 45.8 Å². The van der Waals surface area contributed by atoms with Crippen molar-refractivity contribution in [2.24, 2.45) is 0 Å². The van der Waals surface area contributed by atoms with Crippen molar-refractivity contribution >= 4 is 33.4 Å². The van der Waals surface area contributed by atoms with Gasteiger partial charge in [-0.25, -0.2) is 4.39 Å². The van der Waals surface area contributed by atoms with Crippen molar-refractivity contribution in [3.8, 4) is 0 Å². The standard InChI is InChI=1S/C14H13BrFNS/c1-9-2-5-14(13(17)6-9)18-8-10-7-11(15)3-4-12(10)16/h2-7H,8,17H2,1H3. The van der Waals surface area contributed by atoms with Gasteiger partial charge in [0.15, 0.2) is 0 Å². The summed E-state index contributed by atoms with van der Waals surface area (Å²) in [7, 11) is 0. The highest BCUT2D eigenvalue weighted by Gasteiger charge is 2.05. The number of nitrogen functional groups attached to an aromatic ring is 1. The van der Waals surface area contributed by atoms with Gasteiger partial charge < -0.3 is 5.73 Å². The molecule has 2 aromatic rings. The zero-order valence-electron chi connectivity index (χ0n) is 9.91. The van der Waals surface area contributed by atoms with Crippen LogP contribution in [0.2, 0.25) is 0 Å². The van der Waals surface area contributed by atoms with Crippen molar-refractivity contribution in [2.45, 2.75) is 17.6 Å². The molecule has 0 radical (unpaired) electrons. The van der Waals surface area contributed by atoms with Gasteiger partial charge in [0, 0.05) is 20.8 Å². The van der Waals surface area contributed by atoms with E-state index in [4.69, 9.17) is 5.73 Å². The van der Waals surface area contributed by atoms with Crippen LogP contribution < -0.4 is 5.73 Å². The molecule has 0 fully saturated rings. The van der Waals surface area contributed by atoms with Crippen molar-refractivity contribution in [2.75, 3.05) is 5.73 Å². The Morgan fingerprint density at radius 2 is 2.00 bits per heavy atom. The number of thioether (sulfide) groups is 1. The van der Waals surface area contributed by atoms with Gasteiger partial charge >= 0.3 is 0 Å². The van der Waals surface area contributed by atoms with Crippen LogP contribution in [0.4, 0.5) is 10.1 Å². The number of hydrogen-bond acceptors (Lipinski definition) is 2. The predicted octanol–water partition coefficient (Wildman–Crippen LogP) is 4.77. The molecule has 4 heteroatoms. The van der Waals surface area contributed by atoms with Crippen molar-refractivity contribution in [1.29, 1.82) is 0 Å². The van der Waals surface area contributed by atoms with Gasteiger partial charge in [-0.1, -0.05) is 22.0 Å². The van der Waals surface area contributed by atoms with Crippen LogP contribution in [0, 0.1) is 12.7 Å². The maximum absolute atomic E-state index is 13.6. The Hall–Kier alpha value is -1.00. The molecule has 0 heterocycles. The SMILES string of the molecule is Cc1ccc(SCc2cc(Br)ccc2F)c(N)c1. The third-order valence-electron chi connectivity index (χ3n) is 2.56. The molecule has 2 N–H and O–H groups in total. The second-order valence-electron chi connectivity index (χ2n) is 4.07. The summed E-state index contributed by atoms with van der Waals surface area (Å²) < 4.78 is 14.5. The summed E-state index contributed by atoms with van der Waals surface area (Å²) in [4.78, 5) is 0.986. The lowest BCUT2D eigenvalue weighted by atomic mass is 10.2. The van der Waals surface area contributed by atoms with Crippen molar-refractivity contribution in [3.63, 3.8) is 0 Å². The van der Waals surface area contributed by atoms with E-state index < -0.39 is 0 Å². The van der Waals surface area contributed by atoms with E-state index in [0.717, 1.165) is 20.6 Å². The van der Waals surface area contributed by atoms with Crippen molar-refractivity contribution in [1.82, 2.24) is 0 Å². The third-order valence-corrected chi connectivity index (χ3v) is 4.19. The Balaban J connectivity index is 2.13. The van der Waals surface area contributed by atoms with E-state index in [1.807, 2.05) is 25.1 Å². The fourth-order valence-electron chi connectivity index (χ4n) is 1.61. The first-order valence-corrected chi connectivity index (χ1v) is 7.27. The molecule has 0 aliphatic heterocycles. The van der Waals surface area contributed by atoms with Crippen LogP contribution in [0.25, 0.3) is 0 Å². The van der Waals surface area contributed by atoms with Gasteiger partial charge in [-0.05, 0) is 48.4 Å². The molecular formula is C14H13BrFNS. The molecule has 2 aromatic carbocycles. The number of aryl methyl sites for hydroxylation is 1. The molecule has 0 bridgehead atoms. The van der Waals surface area contributed by atoms with Gasteiger partial charge in [-0.15, -0.1) is 11.8 Å². The second kappa shape index (κ2) is 5.76. The van der Waals surface area contributed by atoms with Crippen LogP contribution in [0.5, 0.6) is 0 Å². The lowest BCUT2D eigenvalue weighted by Crippen LogP contribution is -1.91. The van der Waals surface area contributed by atoms with Gasteiger partial charge in [0.25, 0.3) is 0 Å². The molecule has 0 saturated carbocycles. The molecule has 18 heavy (non-hydrogen) atoms. The predicted molar refractivity (Wildman–Crippen MR) is 79.3 cm³/mol. The summed E-state index contributed by atoms with van der Waals surface area (Å²) in [5.74, 6) is 0.384. The Kier molecular flexibility index (Phi) is 4.30. The van der Waals surface area contributed by atoms with E-state index in [9.17, 15) is 4.39 Å². The summed E-state index contributed by atoms with van der Waals surface area (Å²) in [6, 6.07) is 10.9. The van der Waals surface area contributed by atoms with Crippen LogP contribution in [0.1, 0.15) is 11.1 Å². The third kappa shape index (κ3) is 3.27. The highest BCUT2D eigenvalue weighted by molar-refractivity contribution is 9.10. The average molecular weight is 326 g/mol. The Labute approximate surface area is 119 Å². The first-order valence-electron chi connectivity index (χ1n) is 5.49. The number of rotatable bonds is 3. The molecule has 0 spiro atoms. The topological polar surface area (TPSA) is 26.0 Å². The van der Waals surface area contributed by atoms with Gasteiger partial charge in [0.1, 0.15) is 5.82 Å². The first-order chi connectivity index (χ1) is 8.56. The Morgan fingerprint density at radius 1 is 1.22 bits per heavy atom. The molecule has 94 valence electrons. The summed E-state index contributed by atoms with van der Waals surface area (Å²) in [6.45, 7) is 2.00. The Morgan fingerprint density at radius 3 is 2.72 bits per heavy atom. The maximum atomic E-state index is 13.6. The smallest absolute Gasteiger partial charge is 0.127 e. The summed E-state index contributed by atoms with van der Waals surface area (Å²) >= 11 is 4.89. The van der Waals surface area contributed by atoms with Gasteiger partial charge in [0.05, 0.1) is 0 Å². The molecule has 0 aliphatic rings. The lowest BCUT2D eigenvalue weighted by molar-refractivity contribution is 0.617. The van der Waals surface area contributed by atoms with Crippen LogP contribution >= 0.6 is 27.7 Å². The number of anilines is 1. The van der Waals surface area contributed by atoms with E-state index in [1.165, 1.54) is 6.07 Å². The number of hydrogen-bond donors (Lipinski definition) is 1. The maximum Gasteiger partial charge on any atom is 0.127 e. The number of nitrogens with two attached hydrogens (primary N) is 1. The van der Waals surface area contributed by atoms with Gasteiger partial charge in [-0.2, -0.15) is 0 Å². The minimum atomic E-state index is -0.184. The average Bonchev–Trinajstić information content (AvgIpc) is 2.32. The Bertz CT molecular complexity index is 572. The summed E-state index contributed by atoms with van der Waals surface area (Å²) in [5, 5.41) is 0. The van der Waals surface area contributed by atoms with Gasteiger partial charge in [0.2, 0.25) is 0 Å². The van der Waals surface area contributed by atoms with Crippen LogP contribution in [-0.2, 0) is 5.75 Å². The molecule has 0 saturated heterocycles. The molecule has 0 amide bonds. The molecule has 0 atom stereocenters. The molecular weight excluding hydrogens is 313 g/mol. The van der Waals surface area contributed by atoms with E-state index in [2.05, 4.69) is 15.9 Å². The molecule has 1 nitrogen and oxygen atoms in total.